The van der Waals surface area contributed by atoms with E-state index in [0.29, 0.717) is 12.1 Å². The molecular formula is C11H23NO. The van der Waals surface area contributed by atoms with Crippen molar-refractivity contribution in [1.82, 2.24) is 0 Å². The predicted molar refractivity (Wildman–Crippen MR) is 55.7 cm³/mol. The van der Waals surface area contributed by atoms with Crippen molar-refractivity contribution in [2.75, 3.05) is 6.61 Å². The van der Waals surface area contributed by atoms with Crippen LogP contribution in [-0.4, -0.2) is 18.8 Å². The van der Waals surface area contributed by atoms with E-state index in [1.54, 1.807) is 0 Å². The van der Waals surface area contributed by atoms with Gasteiger partial charge in [-0.3, -0.25) is 0 Å². The highest BCUT2D eigenvalue weighted by Crippen LogP contribution is 2.18. The van der Waals surface area contributed by atoms with Crippen molar-refractivity contribution in [2.24, 2.45) is 5.73 Å². The number of ether oxygens (including phenoxy) is 1. The zero-order chi connectivity index (χ0) is 9.52. The molecular weight excluding hydrogens is 162 g/mol. The zero-order valence-electron chi connectivity index (χ0n) is 8.80. The van der Waals surface area contributed by atoms with Gasteiger partial charge in [0.1, 0.15) is 0 Å². The van der Waals surface area contributed by atoms with Crippen LogP contribution in [0.1, 0.15) is 51.9 Å². The van der Waals surface area contributed by atoms with Gasteiger partial charge in [-0.25, -0.2) is 0 Å². The molecule has 2 atom stereocenters. The quantitative estimate of drug-likeness (QED) is 0.645. The molecule has 78 valence electrons. The van der Waals surface area contributed by atoms with Crippen LogP contribution in [0.4, 0.5) is 0 Å². The summed E-state index contributed by atoms with van der Waals surface area (Å²) in [6.07, 6.45) is 9.05. The molecule has 0 aromatic rings. The van der Waals surface area contributed by atoms with Crippen LogP contribution in [0.2, 0.25) is 0 Å². The third-order valence-electron chi connectivity index (χ3n) is 2.77. The van der Waals surface area contributed by atoms with Crippen LogP contribution in [0.25, 0.3) is 0 Å². The Hall–Kier alpha value is -0.0800. The monoisotopic (exact) mass is 185 g/mol. The van der Waals surface area contributed by atoms with Gasteiger partial charge in [-0.05, 0) is 25.7 Å². The number of hydrogen-bond acceptors (Lipinski definition) is 2. The van der Waals surface area contributed by atoms with Gasteiger partial charge in [0.2, 0.25) is 0 Å². The fourth-order valence-corrected chi connectivity index (χ4v) is 1.94. The molecule has 2 unspecified atom stereocenters. The maximum Gasteiger partial charge on any atom is 0.0590 e. The minimum atomic E-state index is 0.370. The van der Waals surface area contributed by atoms with Crippen molar-refractivity contribution in [2.45, 2.75) is 64.0 Å². The first-order valence-corrected chi connectivity index (χ1v) is 5.70. The van der Waals surface area contributed by atoms with Crippen LogP contribution in [0.5, 0.6) is 0 Å². The molecule has 1 rings (SSSR count). The SMILES string of the molecule is CCCCCC(N)CC1CCCO1. The second-order valence-electron chi connectivity index (χ2n) is 4.13. The second-order valence-corrected chi connectivity index (χ2v) is 4.13. The molecule has 0 spiro atoms. The van der Waals surface area contributed by atoms with Gasteiger partial charge in [0.05, 0.1) is 6.10 Å². The lowest BCUT2D eigenvalue weighted by molar-refractivity contribution is 0.0973. The smallest absolute Gasteiger partial charge is 0.0590 e. The van der Waals surface area contributed by atoms with Crippen molar-refractivity contribution in [1.29, 1.82) is 0 Å². The van der Waals surface area contributed by atoms with Gasteiger partial charge in [0.25, 0.3) is 0 Å². The molecule has 2 heteroatoms. The highest BCUT2D eigenvalue weighted by Gasteiger charge is 2.18. The van der Waals surface area contributed by atoms with Gasteiger partial charge in [-0.15, -0.1) is 0 Å². The molecule has 0 bridgehead atoms. The number of unbranched alkanes of at least 4 members (excludes halogenated alkanes) is 2. The normalized spacial score (nSPS) is 24.9. The summed E-state index contributed by atoms with van der Waals surface area (Å²) in [4.78, 5) is 0. The van der Waals surface area contributed by atoms with E-state index in [0.717, 1.165) is 13.0 Å². The standard InChI is InChI=1S/C11H23NO/c1-2-3-4-6-10(12)9-11-7-5-8-13-11/h10-11H,2-9,12H2,1H3. The van der Waals surface area contributed by atoms with E-state index in [1.165, 1.54) is 38.5 Å². The Balaban J connectivity index is 1.99. The molecule has 1 heterocycles. The fourth-order valence-electron chi connectivity index (χ4n) is 1.94. The summed E-state index contributed by atoms with van der Waals surface area (Å²) in [7, 11) is 0. The third kappa shape index (κ3) is 4.63. The summed E-state index contributed by atoms with van der Waals surface area (Å²) in [6.45, 7) is 3.18. The third-order valence-corrected chi connectivity index (χ3v) is 2.77. The summed E-state index contributed by atoms with van der Waals surface area (Å²) in [6, 6.07) is 0.370. The predicted octanol–water partition coefficient (Wildman–Crippen LogP) is 2.46. The van der Waals surface area contributed by atoms with E-state index in [1.807, 2.05) is 0 Å². The minimum Gasteiger partial charge on any atom is -0.378 e. The van der Waals surface area contributed by atoms with E-state index in [2.05, 4.69) is 6.92 Å². The largest absolute Gasteiger partial charge is 0.378 e. The lowest BCUT2D eigenvalue weighted by Gasteiger charge is -2.15. The number of hydrogen-bond donors (Lipinski definition) is 1. The minimum absolute atomic E-state index is 0.370. The first-order chi connectivity index (χ1) is 6.33. The molecule has 0 aliphatic carbocycles. The Morgan fingerprint density at radius 3 is 2.92 bits per heavy atom. The van der Waals surface area contributed by atoms with Crippen LogP contribution in [0.3, 0.4) is 0 Å². The Bertz CT molecular complexity index is 121. The zero-order valence-corrected chi connectivity index (χ0v) is 8.80. The molecule has 0 aromatic carbocycles. The fraction of sp³-hybridized carbons (Fsp3) is 1.00. The number of nitrogens with two attached hydrogens (primary N) is 1. The van der Waals surface area contributed by atoms with Crippen LogP contribution in [-0.2, 0) is 4.74 Å². The highest BCUT2D eigenvalue weighted by molar-refractivity contribution is 4.72. The van der Waals surface area contributed by atoms with Gasteiger partial charge in [-0.1, -0.05) is 26.2 Å². The molecule has 2 nitrogen and oxygen atoms in total. The Morgan fingerprint density at radius 1 is 1.46 bits per heavy atom. The summed E-state index contributed by atoms with van der Waals surface area (Å²) in [5.74, 6) is 0. The summed E-state index contributed by atoms with van der Waals surface area (Å²) in [5.41, 5.74) is 6.01. The van der Waals surface area contributed by atoms with Crippen molar-refractivity contribution in [3.8, 4) is 0 Å². The van der Waals surface area contributed by atoms with Crippen LogP contribution < -0.4 is 5.73 Å². The maximum atomic E-state index is 6.01. The molecule has 0 aromatic heterocycles. The maximum absolute atomic E-state index is 6.01. The van der Waals surface area contributed by atoms with Gasteiger partial charge < -0.3 is 10.5 Å². The molecule has 0 radical (unpaired) electrons. The molecule has 0 saturated carbocycles. The molecule has 1 fully saturated rings. The van der Waals surface area contributed by atoms with Crippen molar-refractivity contribution < 1.29 is 4.74 Å². The average Bonchev–Trinajstić information content (AvgIpc) is 2.57. The summed E-state index contributed by atoms with van der Waals surface area (Å²) < 4.78 is 5.55. The second kappa shape index (κ2) is 6.39. The van der Waals surface area contributed by atoms with Gasteiger partial charge >= 0.3 is 0 Å². The molecule has 1 aliphatic heterocycles. The topological polar surface area (TPSA) is 35.2 Å². The van der Waals surface area contributed by atoms with Gasteiger partial charge in [0, 0.05) is 12.6 Å². The lowest BCUT2D eigenvalue weighted by Crippen LogP contribution is -2.25. The van der Waals surface area contributed by atoms with Crippen molar-refractivity contribution in [3.63, 3.8) is 0 Å². The average molecular weight is 185 g/mol. The molecule has 1 saturated heterocycles. The first-order valence-electron chi connectivity index (χ1n) is 5.70. The highest BCUT2D eigenvalue weighted by atomic mass is 16.5. The number of rotatable bonds is 6. The molecule has 13 heavy (non-hydrogen) atoms. The Kier molecular flexibility index (Phi) is 5.40. The Morgan fingerprint density at radius 2 is 2.31 bits per heavy atom. The Labute approximate surface area is 81.8 Å². The molecule has 2 N–H and O–H groups in total. The first kappa shape index (κ1) is 11.0. The molecule has 1 aliphatic rings. The lowest BCUT2D eigenvalue weighted by atomic mass is 10.0. The van der Waals surface area contributed by atoms with E-state index in [-0.39, 0.29) is 0 Å². The molecule has 0 amide bonds. The van der Waals surface area contributed by atoms with Crippen LogP contribution in [0.15, 0.2) is 0 Å². The summed E-state index contributed by atoms with van der Waals surface area (Å²) >= 11 is 0. The van der Waals surface area contributed by atoms with Crippen molar-refractivity contribution in [3.05, 3.63) is 0 Å². The van der Waals surface area contributed by atoms with Crippen LogP contribution >= 0.6 is 0 Å². The van der Waals surface area contributed by atoms with Gasteiger partial charge in [0.15, 0.2) is 0 Å². The van der Waals surface area contributed by atoms with E-state index in [9.17, 15) is 0 Å². The summed E-state index contributed by atoms with van der Waals surface area (Å²) in [5, 5.41) is 0. The van der Waals surface area contributed by atoms with Gasteiger partial charge in [-0.2, -0.15) is 0 Å². The van der Waals surface area contributed by atoms with E-state index < -0.39 is 0 Å². The van der Waals surface area contributed by atoms with Crippen LogP contribution in [0, 0.1) is 0 Å². The van der Waals surface area contributed by atoms with E-state index in [4.69, 9.17) is 10.5 Å². The van der Waals surface area contributed by atoms with E-state index >= 15 is 0 Å². The van der Waals surface area contributed by atoms with Crippen molar-refractivity contribution >= 4 is 0 Å².